The van der Waals surface area contributed by atoms with Crippen molar-refractivity contribution in [2.24, 2.45) is 0 Å². The lowest BCUT2D eigenvalue weighted by Crippen LogP contribution is -1.98. The number of nitrogens with zero attached hydrogens (tertiary/aromatic N) is 3. The van der Waals surface area contributed by atoms with Crippen molar-refractivity contribution in [2.75, 3.05) is 12.4 Å². The molecule has 0 fully saturated rings. The van der Waals surface area contributed by atoms with Gasteiger partial charge in [-0.05, 0) is 12.1 Å². The van der Waals surface area contributed by atoms with Crippen LogP contribution in [0.15, 0.2) is 35.1 Å². The van der Waals surface area contributed by atoms with Crippen LogP contribution in [0.1, 0.15) is 5.69 Å². The normalized spacial score (nSPS) is 9.61. The van der Waals surface area contributed by atoms with Crippen LogP contribution in [0.25, 0.3) is 0 Å². The summed E-state index contributed by atoms with van der Waals surface area (Å²) in [5.74, 6) is 1.12. The Hall–Kier alpha value is -2.13. The minimum atomic E-state index is 0.247. The molecule has 0 amide bonds. The summed E-state index contributed by atoms with van der Waals surface area (Å²) >= 11 is 3.38. The monoisotopic (exact) mass is 304 g/mol. The predicted molar refractivity (Wildman–Crippen MR) is 70.7 cm³/mol. The summed E-state index contributed by atoms with van der Waals surface area (Å²) in [5, 5.41) is 12.0. The fourth-order valence-electron chi connectivity index (χ4n) is 1.40. The highest BCUT2D eigenvalue weighted by Crippen LogP contribution is 2.26. The van der Waals surface area contributed by atoms with E-state index in [4.69, 9.17) is 10.00 Å². The van der Waals surface area contributed by atoms with E-state index in [2.05, 4.69) is 31.2 Å². The molecule has 0 aliphatic rings. The third-order valence-corrected chi connectivity index (χ3v) is 2.63. The van der Waals surface area contributed by atoms with Crippen molar-refractivity contribution in [2.45, 2.75) is 0 Å². The molecule has 0 spiro atoms. The summed E-state index contributed by atoms with van der Waals surface area (Å²) in [6.07, 6.45) is 3.00. The molecule has 6 heteroatoms. The Bertz CT molecular complexity index is 609. The van der Waals surface area contributed by atoms with Crippen molar-refractivity contribution >= 4 is 27.4 Å². The fourth-order valence-corrected chi connectivity index (χ4v) is 1.87. The summed E-state index contributed by atoms with van der Waals surface area (Å²) in [7, 11) is 1.59. The second kappa shape index (κ2) is 5.47. The zero-order valence-corrected chi connectivity index (χ0v) is 11.1. The molecule has 1 aromatic carbocycles. The topological polar surface area (TPSA) is 70.8 Å². The van der Waals surface area contributed by atoms with Crippen LogP contribution in [0.3, 0.4) is 0 Å². The van der Waals surface area contributed by atoms with Gasteiger partial charge in [-0.1, -0.05) is 15.9 Å². The Balaban J connectivity index is 2.34. The first-order chi connectivity index (χ1) is 8.72. The molecule has 0 radical (unpaired) electrons. The van der Waals surface area contributed by atoms with Gasteiger partial charge in [0.15, 0.2) is 11.5 Å². The van der Waals surface area contributed by atoms with Crippen LogP contribution >= 0.6 is 15.9 Å². The Labute approximate surface area is 113 Å². The zero-order valence-electron chi connectivity index (χ0n) is 9.51. The van der Waals surface area contributed by atoms with E-state index in [9.17, 15) is 0 Å². The minimum Gasteiger partial charge on any atom is -0.497 e. The third-order valence-electron chi connectivity index (χ3n) is 2.17. The smallest absolute Gasteiger partial charge is 0.183 e. The molecule has 0 aliphatic carbocycles. The summed E-state index contributed by atoms with van der Waals surface area (Å²) in [5.41, 5.74) is 1.01. The van der Waals surface area contributed by atoms with E-state index in [-0.39, 0.29) is 5.69 Å². The van der Waals surface area contributed by atoms with Crippen molar-refractivity contribution in [1.82, 2.24) is 9.97 Å². The maximum Gasteiger partial charge on any atom is 0.183 e. The Kier molecular flexibility index (Phi) is 3.75. The Morgan fingerprint density at radius 2 is 2.06 bits per heavy atom. The van der Waals surface area contributed by atoms with Crippen LogP contribution in [0.2, 0.25) is 0 Å². The van der Waals surface area contributed by atoms with Crippen molar-refractivity contribution < 1.29 is 4.74 Å². The number of nitriles is 1. The minimum absolute atomic E-state index is 0.247. The van der Waals surface area contributed by atoms with Crippen LogP contribution in [0, 0.1) is 11.3 Å². The van der Waals surface area contributed by atoms with Gasteiger partial charge < -0.3 is 10.1 Å². The van der Waals surface area contributed by atoms with Crippen LogP contribution < -0.4 is 10.1 Å². The SMILES string of the molecule is COc1cc(Br)cc(Nc2nccnc2C#N)c1. The summed E-state index contributed by atoms with van der Waals surface area (Å²) in [6, 6.07) is 7.49. The molecule has 0 unspecified atom stereocenters. The molecule has 90 valence electrons. The maximum absolute atomic E-state index is 8.93. The van der Waals surface area contributed by atoms with Crippen molar-refractivity contribution in [1.29, 1.82) is 5.26 Å². The molecular weight excluding hydrogens is 296 g/mol. The van der Waals surface area contributed by atoms with Gasteiger partial charge in [0.1, 0.15) is 11.8 Å². The Morgan fingerprint density at radius 3 is 2.78 bits per heavy atom. The maximum atomic E-state index is 8.93. The average molecular weight is 305 g/mol. The van der Waals surface area contributed by atoms with Crippen LogP contribution in [-0.4, -0.2) is 17.1 Å². The lowest BCUT2D eigenvalue weighted by molar-refractivity contribution is 0.415. The molecular formula is C12H9BrN4O. The molecule has 0 aliphatic heterocycles. The highest BCUT2D eigenvalue weighted by molar-refractivity contribution is 9.10. The van der Waals surface area contributed by atoms with E-state index >= 15 is 0 Å². The van der Waals surface area contributed by atoms with Crippen LogP contribution in [-0.2, 0) is 0 Å². The summed E-state index contributed by atoms with van der Waals surface area (Å²) < 4.78 is 6.03. The molecule has 5 nitrogen and oxygen atoms in total. The molecule has 1 aromatic heterocycles. The number of rotatable bonds is 3. The molecule has 2 rings (SSSR count). The predicted octanol–water partition coefficient (Wildman–Crippen LogP) is 2.86. The zero-order chi connectivity index (χ0) is 13.0. The Morgan fingerprint density at radius 1 is 1.28 bits per heavy atom. The average Bonchev–Trinajstić information content (AvgIpc) is 2.38. The van der Waals surface area contributed by atoms with Crippen molar-refractivity contribution in [3.63, 3.8) is 0 Å². The molecule has 0 saturated carbocycles. The van der Waals surface area contributed by atoms with Gasteiger partial charge in [0, 0.05) is 28.6 Å². The number of methoxy groups -OCH3 is 1. The van der Waals surface area contributed by atoms with Gasteiger partial charge >= 0.3 is 0 Å². The second-order valence-corrected chi connectivity index (χ2v) is 4.29. The highest BCUT2D eigenvalue weighted by Gasteiger charge is 2.06. The van der Waals surface area contributed by atoms with E-state index in [1.165, 1.54) is 12.4 Å². The van der Waals surface area contributed by atoms with Gasteiger partial charge in [-0.25, -0.2) is 9.97 Å². The molecule has 1 heterocycles. The molecule has 0 saturated heterocycles. The van der Waals surface area contributed by atoms with Gasteiger partial charge in [-0.2, -0.15) is 5.26 Å². The van der Waals surface area contributed by atoms with Crippen LogP contribution in [0.4, 0.5) is 11.5 Å². The molecule has 2 aromatic rings. The first kappa shape index (κ1) is 12.3. The number of anilines is 2. The number of benzene rings is 1. The first-order valence-corrected chi connectivity index (χ1v) is 5.85. The number of hydrogen-bond donors (Lipinski definition) is 1. The van der Waals surface area contributed by atoms with Crippen LogP contribution in [0.5, 0.6) is 5.75 Å². The van der Waals surface area contributed by atoms with E-state index in [1.807, 2.05) is 18.2 Å². The lowest BCUT2D eigenvalue weighted by atomic mass is 10.3. The second-order valence-electron chi connectivity index (χ2n) is 3.37. The van der Waals surface area contributed by atoms with E-state index < -0.39 is 0 Å². The highest BCUT2D eigenvalue weighted by atomic mass is 79.9. The van der Waals surface area contributed by atoms with Gasteiger partial charge in [0.25, 0.3) is 0 Å². The number of nitrogens with one attached hydrogen (secondary N) is 1. The van der Waals surface area contributed by atoms with Gasteiger partial charge in [-0.15, -0.1) is 0 Å². The van der Waals surface area contributed by atoms with E-state index in [0.717, 1.165) is 10.2 Å². The number of aromatic nitrogens is 2. The van der Waals surface area contributed by atoms with Crippen molar-refractivity contribution in [3.8, 4) is 11.8 Å². The van der Waals surface area contributed by atoms with Gasteiger partial charge in [0.2, 0.25) is 0 Å². The molecule has 0 bridgehead atoms. The third kappa shape index (κ3) is 2.76. The summed E-state index contributed by atoms with van der Waals surface area (Å²) in [4.78, 5) is 8.01. The fraction of sp³-hybridized carbons (Fsp3) is 0.0833. The van der Waals surface area contributed by atoms with Crippen molar-refractivity contribution in [3.05, 3.63) is 40.8 Å². The lowest BCUT2D eigenvalue weighted by Gasteiger charge is -2.08. The first-order valence-electron chi connectivity index (χ1n) is 5.05. The van der Waals surface area contributed by atoms with Gasteiger partial charge in [-0.3, -0.25) is 0 Å². The molecule has 1 N–H and O–H groups in total. The van der Waals surface area contributed by atoms with Gasteiger partial charge in [0.05, 0.1) is 7.11 Å². The standard InChI is InChI=1S/C12H9BrN4O/c1-18-10-5-8(13)4-9(6-10)17-12-11(7-14)15-2-3-16-12/h2-6H,1H3,(H,16,17). The molecule has 0 atom stereocenters. The molecule has 18 heavy (non-hydrogen) atoms. The van der Waals surface area contributed by atoms with E-state index in [0.29, 0.717) is 11.6 Å². The number of ether oxygens (including phenoxy) is 1. The van der Waals surface area contributed by atoms with E-state index in [1.54, 1.807) is 13.2 Å². The summed E-state index contributed by atoms with van der Waals surface area (Å²) in [6.45, 7) is 0. The quantitative estimate of drug-likeness (QED) is 0.944. The number of halogens is 1. The largest absolute Gasteiger partial charge is 0.497 e. The number of hydrogen-bond acceptors (Lipinski definition) is 5.